The molecule has 0 aliphatic carbocycles. The van der Waals surface area contributed by atoms with E-state index >= 15 is 0 Å². The lowest BCUT2D eigenvalue weighted by Crippen LogP contribution is -2.31. The van der Waals surface area contributed by atoms with Crippen molar-refractivity contribution in [1.29, 1.82) is 0 Å². The van der Waals surface area contributed by atoms with Gasteiger partial charge in [0, 0.05) is 21.6 Å². The van der Waals surface area contributed by atoms with Gasteiger partial charge in [-0.3, -0.25) is 9.59 Å². The summed E-state index contributed by atoms with van der Waals surface area (Å²) in [6, 6.07) is 16.8. The number of furan rings is 1. The van der Waals surface area contributed by atoms with Crippen molar-refractivity contribution in [2.45, 2.75) is 12.5 Å². The standard InChI is InChI=1S/C23H17BrClNO4/c24-16-7-5-15(6-8-16)21(27)19-20(18-2-1-13-30-18)26(23(29)22(19)28)12-11-14-3-9-17(25)10-4-14/h1-10,13,20,27H,11-12H2/b21-19-. The minimum absolute atomic E-state index is 0.0216. The van der Waals surface area contributed by atoms with E-state index in [4.69, 9.17) is 16.0 Å². The van der Waals surface area contributed by atoms with E-state index in [-0.39, 0.29) is 17.9 Å². The molecular formula is C23H17BrClNO4. The maximum Gasteiger partial charge on any atom is 0.295 e. The first-order valence-electron chi connectivity index (χ1n) is 9.28. The highest BCUT2D eigenvalue weighted by Crippen LogP contribution is 2.39. The minimum Gasteiger partial charge on any atom is -0.507 e. The van der Waals surface area contributed by atoms with E-state index in [0.717, 1.165) is 10.0 Å². The van der Waals surface area contributed by atoms with Crippen LogP contribution in [0.25, 0.3) is 5.76 Å². The van der Waals surface area contributed by atoms with Gasteiger partial charge in [-0.15, -0.1) is 0 Å². The third-order valence-electron chi connectivity index (χ3n) is 5.02. The van der Waals surface area contributed by atoms with E-state index in [2.05, 4.69) is 15.9 Å². The molecule has 0 bridgehead atoms. The van der Waals surface area contributed by atoms with Gasteiger partial charge >= 0.3 is 0 Å². The van der Waals surface area contributed by atoms with Crippen molar-refractivity contribution in [3.05, 3.63) is 98.9 Å². The van der Waals surface area contributed by atoms with Crippen LogP contribution in [0.2, 0.25) is 5.02 Å². The maximum absolute atomic E-state index is 12.9. The average Bonchev–Trinajstić information content (AvgIpc) is 3.35. The Kier molecular flexibility index (Phi) is 5.79. The number of Topliss-reactive ketones (excluding diaryl/α,β-unsaturated/α-hetero) is 1. The van der Waals surface area contributed by atoms with Crippen LogP contribution < -0.4 is 0 Å². The van der Waals surface area contributed by atoms with Gasteiger partial charge in [0.1, 0.15) is 17.6 Å². The predicted octanol–water partition coefficient (Wildman–Crippen LogP) is 5.36. The summed E-state index contributed by atoms with van der Waals surface area (Å²) in [5, 5.41) is 11.5. The van der Waals surface area contributed by atoms with E-state index in [1.165, 1.54) is 11.2 Å². The van der Waals surface area contributed by atoms with Crippen molar-refractivity contribution in [2.75, 3.05) is 6.54 Å². The third-order valence-corrected chi connectivity index (χ3v) is 5.81. The Morgan fingerprint density at radius 1 is 1.07 bits per heavy atom. The molecule has 1 aromatic heterocycles. The van der Waals surface area contributed by atoms with Gasteiger partial charge in [-0.25, -0.2) is 0 Å². The van der Waals surface area contributed by atoms with Gasteiger partial charge in [0.25, 0.3) is 11.7 Å². The fraction of sp³-hybridized carbons (Fsp3) is 0.130. The first kappa shape index (κ1) is 20.4. The molecule has 1 N–H and O–H groups in total. The molecule has 30 heavy (non-hydrogen) atoms. The molecule has 152 valence electrons. The number of carbonyl (C=O) groups is 2. The number of ketones is 1. The number of benzene rings is 2. The second kappa shape index (κ2) is 8.50. The van der Waals surface area contributed by atoms with E-state index in [1.807, 2.05) is 12.1 Å². The van der Waals surface area contributed by atoms with Gasteiger partial charge in [0.05, 0.1) is 11.8 Å². The number of carbonyl (C=O) groups excluding carboxylic acids is 2. The largest absolute Gasteiger partial charge is 0.507 e. The van der Waals surface area contributed by atoms with Crippen LogP contribution in [0.4, 0.5) is 0 Å². The number of halogens is 2. The molecule has 0 radical (unpaired) electrons. The van der Waals surface area contributed by atoms with E-state index in [9.17, 15) is 14.7 Å². The molecule has 1 aliphatic heterocycles. The Morgan fingerprint density at radius 3 is 2.40 bits per heavy atom. The lowest BCUT2D eigenvalue weighted by atomic mass is 9.99. The molecule has 1 saturated heterocycles. The topological polar surface area (TPSA) is 70.8 Å². The number of rotatable bonds is 5. The summed E-state index contributed by atoms with van der Waals surface area (Å²) in [5.74, 6) is -1.20. The molecule has 0 spiro atoms. The molecule has 1 amide bonds. The van der Waals surface area contributed by atoms with Crippen LogP contribution in [-0.2, 0) is 16.0 Å². The number of likely N-dealkylation sites (tertiary alicyclic amines) is 1. The number of amides is 1. The summed E-state index contributed by atoms with van der Waals surface area (Å²) in [7, 11) is 0. The zero-order valence-corrected chi connectivity index (χ0v) is 18.1. The highest BCUT2D eigenvalue weighted by molar-refractivity contribution is 9.10. The summed E-state index contributed by atoms with van der Waals surface area (Å²) < 4.78 is 6.37. The third kappa shape index (κ3) is 3.93. The second-order valence-corrected chi connectivity index (χ2v) is 8.24. The molecule has 2 heterocycles. The number of nitrogens with zero attached hydrogens (tertiary/aromatic N) is 1. The molecule has 2 aromatic carbocycles. The molecule has 1 atom stereocenters. The molecule has 1 fully saturated rings. The molecular weight excluding hydrogens is 470 g/mol. The van der Waals surface area contributed by atoms with E-state index in [0.29, 0.717) is 22.8 Å². The number of aliphatic hydroxyl groups excluding tert-OH is 1. The van der Waals surface area contributed by atoms with Crippen molar-refractivity contribution in [1.82, 2.24) is 4.90 Å². The lowest BCUT2D eigenvalue weighted by Gasteiger charge is -2.23. The van der Waals surface area contributed by atoms with Gasteiger partial charge in [0.2, 0.25) is 0 Å². The van der Waals surface area contributed by atoms with Gasteiger partial charge in [-0.1, -0.05) is 51.8 Å². The maximum atomic E-state index is 12.9. The SMILES string of the molecule is O=C1C(=O)N(CCc2ccc(Cl)cc2)C(c2ccco2)/C1=C(/O)c1ccc(Br)cc1. The summed E-state index contributed by atoms with van der Waals surface area (Å²) >= 11 is 9.28. The Hall–Kier alpha value is -2.83. The number of aliphatic hydroxyl groups is 1. The molecule has 4 rings (SSSR count). The first-order chi connectivity index (χ1) is 14.5. The van der Waals surface area contributed by atoms with Crippen molar-refractivity contribution < 1.29 is 19.1 Å². The Labute approximate surface area is 186 Å². The van der Waals surface area contributed by atoms with Crippen LogP contribution in [0.1, 0.15) is 22.9 Å². The van der Waals surface area contributed by atoms with Crippen LogP contribution in [0.5, 0.6) is 0 Å². The number of hydrogen-bond acceptors (Lipinski definition) is 4. The van der Waals surface area contributed by atoms with Gasteiger partial charge in [-0.05, 0) is 48.4 Å². The zero-order chi connectivity index (χ0) is 21.3. The fourth-order valence-corrected chi connectivity index (χ4v) is 3.91. The van der Waals surface area contributed by atoms with Crippen molar-refractivity contribution in [3.8, 4) is 0 Å². The van der Waals surface area contributed by atoms with Crippen LogP contribution in [0, 0.1) is 0 Å². The zero-order valence-electron chi connectivity index (χ0n) is 15.7. The van der Waals surface area contributed by atoms with Crippen molar-refractivity contribution in [3.63, 3.8) is 0 Å². The number of hydrogen-bond donors (Lipinski definition) is 1. The molecule has 5 nitrogen and oxygen atoms in total. The van der Waals surface area contributed by atoms with Crippen molar-refractivity contribution >= 4 is 45.0 Å². The highest BCUT2D eigenvalue weighted by Gasteiger charge is 2.47. The molecule has 3 aromatic rings. The van der Waals surface area contributed by atoms with Gasteiger partial charge in [-0.2, -0.15) is 0 Å². The molecule has 7 heteroatoms. The van der Waals surface area contributed by atoms with E-state index < -0.39 is 17.7 Å². The van der Waals surface area contributed by atoms with Crippen LogP contribution in [0.3, 0.4) is 0 Å². The van der Waals surface area contributed by atoms with Crippen molar-refractivity contribution in [2.24, 2.45) is 0 Å². The monoisotopic (exact) mass is 485 g/mol. The van der Waals surface area contributed by atoms with Gasteiger partial charge < -0.3 is 14.4 Å². The normalized spacial score (nSPS) is 18.2. The van der Waals surface area contributed by atoms with Gasteiger partial charge in [0.15, 0.2) is 0 Å². The lowest BCUT2D eigenvalue weighted by molar-refractivity contribution is -0.140. The quantitative estimate of drug-likeness (QED) is 0.299. The average molecular weight is 487 g/mol. The molecule has 1 unspecified atom stereocenters. The second-order valence-electron chi connectivity index (χ2n) is 6.89. The van der Waals surface area contributed by atoms with Crippen LogP contribution in [0.15, 0.2) is 81.4 Å². The summed E-state index contributed by atoms with van der Waals surface area (Å²) in [5.41, 5.74) is 1.45. The first-order valence-corrected chi connectivity index (χ1v) is 10.4. The Morgan fingerprint density at radius 2 is 1.77 bits per heavy atom. The summed E-state index contributed by atoms with van der Waals surface area (Å²) in [6.45, 7) is 0.286. The fourth-order valence-electron chi connectivity index (χ4n) is 3.52. The Bertz CT molecular complexity index is 1110. The molecule has 0 saturated carbocycles. The predicted molar refractivity (Wildman–Crippen MR) is 117 cm³/mol. The minimum atomic E-state index is -0.795. The smallest absolute Gasteiger partial charge is 0.295 e. The Balaban J connectivity index is 1.72. The molecule has 1 aliphatic rings. The highest BCUT2D eigenvalue weighted by atomic mass is 79.9. The van der Waals surface area contributed by atoms with Crippen LogP contribution >= 0.6 is 27.5 Å². The summed E-state index contributed by atoms with van der Waals surface area (Å²) in [4.78, 5) is 27.2. The van der Waals surface area contributed by atoms with E-state index in [1.54, 1.807) is 48.5 Å². The van der Waals surface area contributed by atoms with Crippen LogP contribution in [-0.4, -0.2) is 28.2 Å². The summed E-state index contributed by atoms with van der Waals surface area (Å²) in [6.07, 6.45) is 2.01.